The Hall–Kier alpha value is -0.540. The molecular weight excluding hydrogens is 255 g/mol. The molecule has 0 radical (unpaired) electrons. The van der Waals surface area contributed by atoms with Crippen LogP contribution in [0.25, 0.3) is 0 Å². The fraction of sp³-hybridized carbons (Fsp3) is 0.222. The number of carboxylic acids is 1. The van der Waals surface area contributed by atoms with Crippen LogP contribution in [0.1, 0.15) is 17.0 Å². The number of hydrogen-bond donors (Lipinski definition) is 1. The third kappa shape index (κ3) is 1.27. The van der Waals surface area contributed by atoms with E-state index in [1.165, 1.54) is 0 Å². The van der Waals surface area contributed by atoms with Crippen LogP contribution >= 0.6 is 27.5 Å². The van der Waals surface area contributed by atoms with Crippen LogP contribution in [0.5, 0.6) is 0 Å². The molecule has 1 aliphatic rings. The molecule has 0 saturated heterocycles. The maximum Gasteiger partial charge on any atom is 0.311 e. The molecule has 1 aromatic rings. The predicted octanol–water partition coefficient (Wildman–Crippen LogP) is 2.83. The summed E-state index contributed by atoms with van der Waals surface area (Å²) in [6.07, 6.45) is 0.545. The molecule has 0 bridgehead atoms. The summed E-state index contributed by atoms with van der Waals surface area (Å²) < 4.78 is 0.830. The van der Waals surface area contributed by atoms with Gasteiger partial charge in [-0.25, -0.2) is 0 Å². The summed E-state index contributed by atoms with van der Waals surface area (Å²) in [5.74, 6) is -1.13. The van der Waals surface area contributed by atoms with E-state index in [0.717, 1.165) is 15.6 Å². The van der Waals surface area contributed by atoms with Gasteiger partial charge in [-0.2, -0.15) is 0 Å². The zero-order valence-electron chi connectivity index (χ0n) is 6.55. The van der Waals surface area contributed by atoms with Crippen LogP contribution in [0.3, 0.4) is 0 Å². The summed E-state index contributed by atoms with van der Waals surface area (Å²) in [4.78, 5) is 10.7. The highest BCUT2D eigenvalue weighted by Gasteiger charge is 2.34. The molecule has 1 unspecified atom stereocenters. The van der Waals surface area contributed by atoms with E-state index < -0.39 is 5.97 Å². The number of rotatable bonds is 1. The molecule has 68 valence electrons. The van der Waals surface area contributed by atoms with Crippen molar-refractivity contribution >= 4 is 33.5 Å². The molecule has 0 amide bonds. The van der Waals surface area contributed by atoms with Crippen molar-refractivity contribution in [1.82, 2.24) is 0 Å². The third-order valence-corrected chi connectivity index (χ3v) is 3.63. The average Bonchev–Trinajstić information content (AvgIpc) is 1.99. The van der Waals surface area contributed by atoms with E-state index in [1.807, 2.05) is 6.07 Å². The fourth-order valence-electron chi connectivity index (χ4n) is 1.54. The fourth-order valence-corrected chi connectivity index (χ4v) is 2.17. The van der Waals surface area contributed by atoms with Crippen LogP contribution < -0.4 is 0 Å². The highest BCUT2D eigenvalue weighted by molar-refractivity contribution is 9.10. The smallest absolute Gasteiger partial charge is 0.311 e. The summed E-state index contributed by atoms with van der Waals surface area (Å²) in [5.41, 5.74) is 1.81. The van der Waals surface area contributed by atoms with Crippen molar-refractivity contribution in [3.63, 3.8) is 0 Å². The van der Waals surface area contributed by atoms with Crippen LogP contribution in [0.15, 0.2) is 16.6 Å². The normalized spacial score (nSPS) is 19.1. The van der Waals surface area contributed by atoms with Crippen LogP contribution in [0.2, 0.25) is 5.02 Å². The van der Waals surface area contributed by atoms with Gasteiger partial charge in [-0.1, -0.05) is 17.7 Å². The number of benzene rings is 1. The van der Waals surface area contributed by atoms with E-state index in [-0.39, 0.29) is 5.92 Å². The number of hydrogen-bond acceptors (Lipinski definition) is 1. The second-order valence-corrected chi connectivity index (χ2v) is 4.26. The molecule has 13 heavy (non-hydrogen) atoms. The van der Waals surface area contributed by atoms with E-state index in [2.05, 4.69) is 15.9 Å². The summed E-state index contributed by atoms with van der Waals surface area (Å²) in [5, 5.41) is 9.43. The van der Waals surface area contributed by atoms with E-state index in [1.54, 1.807) is 6.07 Å². The second-order valence-electron chi connectivity index (χ2n) is 3.02. The van der Waals surface area contributed by atoms with Crippen molar-refractivity contribution in [2.45, 2.75) is 12.3 Å². The molecule has 4 heteroatoms. The van der Waals surface area contributed by atoms with Gasteiger partial charge in [0, 0.05) is 4.47 Å². The van der Waals surface area contributed by atoms with E-state index in [0.29, 0.717) is 11.4 Å². The van der Waals surface area contributed by atoms with Crippen molar-refractivity contribution in [3.05, 3.63) is 32.8 Å². The molecular formula is C9H6BrClO2. The van der Waals surface area contributed by atoms with Gasteiger partial charge in [0.1, 0.15) is 0 Å². The minimum Gasteiger partial charge on any atom is -0.481 e. The number of carbonyl (C=O) groups is 1. The van der Waals surface area contributed by atoms with Crippen LogP contribution in [0, 0.1) is 0 Å². The molecule has 0 heterocycles. The van der Waals surface area contributed by atoms with Crippen LogP contribution in [-0.2, 0) is 11.2 Å². The molecule has 2 rings (SSSR count). The molecule has 1 N–H and O–H groups in total. The number of halogens is 2. The van der Waals surface area contributed by atoms with Gasteiger partial charge in [0.15, 0.2) is 0 Å². The van der Waals surface area contributed by atoms with Gasteiger partial charge in [-0.3, -0.25) is 4.79 Å². The maximum atomic E-state index is 10.7. The minimum absolute atomic E-state index is 0.361. The lowest BCUT2D eigenvalue weighted by atomic mass is 9.78. The van der Waals surface area contributed by atoms with Crippen molar-refractivity contribution in [2.75, 3.05) is 0 Å². The maximum absolute atomic E-state index is 10.7. The molecule has 0 saturated carbocycles. The Labute approximate surface area is 88.6 Å². The first-order chi connectivity index (χ1) is 6.11. The van der Waals surface area contributed by atoms with Crippen molar-refractivity contribution in [1.29, 1.82) is 0 Å². The van der Waals surface area contributed by atoms with Crippen LogP contribution in [0.4, 0.5) is 0 Å². The molecule has 0 aromatic heterocycles. The Morgan fingerprint density at radius 1 is 1.62 bits per heavy atom. The average molecular weight is 262 g/mol. The molecule has 0 aliphatic heterocycles. The van der Waals surface area contributed by atoms with Gasteiger partial charge in [-0.15, -0.1) is 0 Å². The topological polar surface area (TPSA) is 37.3 Å². The molecule has 2 nitrogen and oxygen atoms in total. The molecule has 1 aromatic carbocycles. The highest BCUT2D eigenvalue weighted by atomic mass is 79.9. The summed E-state index contributed by atoms with van der Waals surface area (Å²) >= 11 is 9.26. The van der Waals surface area contributed by atoms with Crippen molar-refractivity contribution < 1.29 is 9.90 Å². The van der Waals surface area contributed by atoms with Crippen molar-refractivity contribution in [2.24, 2.45) is 0 Å². The van der Waals surface area contributed by atoms with Gasteiger partial charge < -0.3 is 5.11 Å². The first-order valence-corrected chi connectivity index (χ1v) is 4.98. The largest absolute Gasteiger partial charge is 0.481 e. The Morgan fingerprint density at radius 3 is 2.92 bits per heavy atom. The molecule has 1 aliphatic carbocycles. The first-order valence-electron chi connectivity index (χ1n) is 3.81. The van der Waals surface area contributed by atoms with Crippen LogP contribution in [-0.4, -0.2) is 11.1 Å². The quantitative estimate of drug-likeness (QED) is 0.844. The zero-order chi connectivity index (χ0) is 9.59. The second kappa shape index (κ2) is 3.00. The molecule has 1 atom stereocenters. The summed E-state index contributed by atoms with van der Waals surface area (Å²) in [6.45, 7) is 0. The van der Waals surface area contributed by atoms with Gasteiger partial charge in [0.05, 0.1) is 10.9 Å². The standard InChI is InChI=1S/C9H6BrClO2/c10-7-2-1-4-5(8(7)11)3-6(4)9(12)13/h1-2,6H,3H2,(H,12,13). The number of aliphatic carboxylic acids is 1. The third-order valence-electron chi connectivity index (χ3n) is 2.31. The minimum atomic E-state index is -0.772. The Bertz CT molecular complexity index is 389. The Kier molecular flexibility index (Phi) is 2.08. The lowest BCUT2D eigenvalue weighted by molar-refractivity contribution is -0.139. The Morgan fingerprint density at radius 2 is 2.31 bits per heavy atom. The molecule has 0 fully saturated rings. The van der Waals surface area contributed by atoms with Crippen molar-refractivity contribution in [3.8, 4) is 0 Å². The van der Waals surface area contributed by atoms with E-state index in [4.69, 9.17) is 16.7 Å². The highest BCUT2D eigenvalue weighted by Crippen LogP contribution is 2.42. The van der Waals surface area contributed by atoms with Gasteiger partial charge in [0.2, 0.25) is 0 Å². The Balaban J connectivity index is 2.46. The zero-order valence-corrected chi connectivity index (χ0v) is 8.89. The summed E-state index contributed by atoms with van der Waals surface area (Å²) in [6, 6.07) is 3.60. The lowest BCUT2D eigenvalue weighted by Crippen LogP contribution is -2.25. The van der Waals surface area contributed by atoms with E-state index >= 15 is 0 Å². The molecule has 0 spiro atoms. The lowest BCUT2D eigenvalue weighted by Gasteiger charge is -2.28. The number of fused-ring (bicyclic) bond motifs is 1. The SMILES string of the molecule is O=C(O)C1Cc2c1ccc(Br)c2Cl. The van der Waals surface area contributed by atoms with Gasteiger partial charge in [-0.05, 0) is 39.5 Å². The van der Waals surface area contributed by atoms with Gasteiger partial charge >= 0.3 is 5.97 Å². The first kappa shape index (κ1) is 9.03. The monoisotopic (exact) mass is 260 g/mol. The number of carboxylic acid groups (broad SMARTS) is 1. The van der Waals surface area contributed by atoms with Gasteiger partial charge in [0.25, 0.3) is 0 Å². The summed E-state index contributed by atoms with van der Waals surface area (Å²) in [7, 11) is 0. The predicted molar refractivity (Wildman–Crippen MR) is 53.2 cm³/mol. The van der Waals surface area contributed by atoms with E-state index in [9.17, 15) is 4.79 Å².